The van der Waals surface area contributed by atoms with Crippen LogP contribution in [0.15, 0.2) is 0 Å². The average molecular weight is 397 g/mol. The molecule has 164 valence electrons. The van der Waals surface area contributed by atoms with E-state index in [4.69, 9.17) is 9.47 Å². The number of hydrogen-bond donors (Lipinski definition) is 0. The van der Waals surface area contributed by atoms with E-state index in [-0.39, 0.29) is 35.6 Å². The van der Waals surface area contributed by atoms with Gasteiger partial charge in [0.25, 0.3) is 0 Å². The number of rotatable bonds is 14. The second-order valence-corrected chi connectivity index (χ2v) is 8.35. The average Bonchev–Trinajstić information content (AvgIpc) is 2.69. The zero-order chi connectivity index (χ0) is 20.8. The Hall–Kier alpha value is -1.06. The Kier molecular flexibility index (Phi) is 13.3. The van der Waals surface area contributed by atoms with Gasteiger partial charge in [-0.05, 0) is 51.4 Å². The van der Waals surface area contributed by atoms with Gasteiger partial charge in [-0.3, -0.25) is 9.59 Å². The zero-order valence-electron chi connectivity index (χ0n) is 18.8. The Bertz CT molecular complexity index is 394. The molecule has 0 bridgehead atoms. The van der Waals surface area contributed by atoms with Gasteiger partial charge >= 0.3 is 11.9 Å². The Morgan fingerprint density at radius 1 is 0.643 bits per heavy atom. The quantitative estimate of drug-likeness (QED) is 0.255. The van der Waals surface area contributed by atoms with Crippen LogP contribution in [0.4, 0.5) is 0 Å². The predicted molar refractivity (Wildman–Crippen MR) is 114 cm³/mol. The molecule has 1 saturated carbocycles. The zero-order valence-corrected chi connectivity index (χ0v) is 18.8. The van der Waals surface area contributed by atoms with E-state index >= 15 is 0 Å². The van der Waals surface area contributed by atoms with Crippen molar-refractivity contribution in [3.05, 3.63) is 0 Å². The molecule has 4 unspecified atom stereocenters. The van der Waals surface area contributed by atoms with Crippen LogP contribution in [0, 0.1) is 23.7 Å². The maximum atomic E-state index is 12.9. The Labute approximate surface area is 173 Å². The van der Waals surface area contributed by atoms with Crippen LogP contribution in [0.2, 0.25) is 0 Å². The van der Waals surface area contributed by atoms with Crippen molar-refractivity contribution in [2.75, 3.05) is 13.2 Å². The van der Waals surface area contributed by atoms with Crippen LogP contribution in [0.25, 0.3) is 0 Å². The van der Waals surface area contributed by atoms with Crippen molar-refractivity contribution in [3.8, 4) is 0 Å². The van der Waals surface area contributed by atoms with E-state index in [1.54, 1.807) is 0 Å². The van der Waals surface area contributed by atoms with Gasteiger partial charge in [-0.15, -0.1) is 0 Å². The topological polar surface area (TPSA) is 52.6 Å². The maximum absolute atomic E-state index is 12.9. The molecule has 0 aromatic heterocycles. The monoisotopic (exact) mass is 396 g/mol. The van der Waals surface area contributed by atoms with Crippen molar-refractivity contribution in [3.63, 3.8) is 0 Å². The number of unbranched alkanes of at least 4 members (excludes halogenated alkanes) is 6. The van der Waals surface area contributed by atoms with Gasteiger partial charge in [-0.25, -0.2) is 0 Å². The highest BCUT2D eigenvalue weighted by molar-refractivity contribution is 5.83. The molecular weight excluding hydrogens is 352 g/mol. The Morgan fingerprint density at radius 3 is 1.36 bits per heavy atom. The van der Waals surface area contributed by atoms with Crippen LogP contribution < -0.4 is 0 Å². The van der Waals surface area contributed by atoms with Gasteiger partial charge < -0.3 is 9.47 Å². The highest BCUT2D eigenvalue weighted by atomic mass is 16.5. The fourth-order valence-corrected chi connectivity index (χ4v) is 4.84. The molecule has 1 rings (SSSR count). The van der Waals surface area contributed by atoms with Crippen LogP contribution in [0.1, 0.15) is 105 Å². The van der Waals surface area contributed by atoms with Crippen LogP contribution >= 0.6 is 0 Å². The first-order valence-corrected chi connectivity index (χ1v) is 11.9. The molecule has 0 radical (unpaired) electrons. The van der Waals surface area contributed by atoms with E-state index in [1.807, 2.05) is 13.8 Å². The molecule has 4 nitrogen and oxygen atoms in total. The first kappa shape index (κ1) is 25.0. The summed E-state index contributed by atoms with van der Waals surface area (Å²) in [6.07, 6.45) is 13.6. The summed E-state index contributed by atoms with van der Waals surface area (Å²) in [7, 11) is 0. The lowest BCUT2D eigenvalue weighted by Crippen LogP contribution is -2.45. The van der Waals surface area contributed by atoms with Crippen molar-refractivity contribution in [1.82, 2.24) is 0 Å². The predicted octanol–water partition coefficient (Wildman–Crippen LogP) is 6.31. The van der Waals surface area contributed by atoms with Crippen LogP contribution in [-0.4, -0.2) is 25.2 Å². The van der Waals surface area contributed by atoms with Gasteiger partial charge in [-0.2, -0.15) is 0 Å². The van der Waals surface area contributed by atoms with Gasteiger partial charge in [0.2, 0.25) is 0 Å². The van der Waals surface area contributed by atoms with Gasteiger partial charge in [0.1, 0.15) is 0 Å². The third kappa shape index (κ3) is 8.13. The number of hydrogen-bond acceptors (Lipinski definition) is 4. The van der Waals surface area contributed by atoms with Crippen molar-refractivity contribution in [2.45, 2.75) is 105 Å². The van der Waals surface area contributed by atoms with Gasteiger partial charge in [0.05, 0.1) is 25.0 Å². The van der Waals surface area contributed by atoms with Crippen LogP contribution in [0.3, 0.4) is 0 Å². The minimum atomic E-state index is -0.328. The molecule has 28 heavy (non-hydrogen) atoms. The SMILES string of the molecule is CCCCCCC1CCC(CCCCCC)C(C(=O)OCC)C1C(=O)OCC. The second-order valence-electron chi connectivity index (χ2n) is 8.35. The summed E-state index contributed by atoms with van der Waals surface area (Å²) >= 11 is 0. The largest absolute Gasteiger partial charge is 0.466 e. The van der Waals surface area contributed by atoms with Crippen molar-refractivity contribution >= 4 is 11.9 Å². The first-order chi connectivity index (χ1) is 13.6. The standard InChI is InChI=1S/C24H44O4/c1-5-9-11-13-15-19-17-18-20(16-14-12-10-6-2)22(24(26)28-8-4)21(19)23(25)27-7-3/h19-22H,5-18H2,1-4H3. The van der Waals surface area contributed by atoms with E-state index in [0.29, 0.717) is 13.2 Å². The van der Waals surface area contributed by atoms with E-state index in [0.717, 1.165) is 38.5 Å². The first-order valence-electron chi connectivity index (χ1n) is 11.9. The summed E-state index contributed by atoms with van der Waals surface area (Å²) in [6.45, 7) is 8.85. The number of esters is 2. The van der Waals surface area contributed by atoms with Crippen LogP contribution in [-0.2, 0) is 19.1 Å². The third-order valence-corrected chi connectivity index (χ3v) is 6.29. The second kappa shape index (κ2) is 14.9. The Morgan fingerprint density at radius 2 is 1.04 bits per heavy atom. The van der Waals surface area contributed by atoms with Gasteiger partial charge in [0, 0.05) is 0 Å². The maximum Gasteiger partial charge on any atom is 0.310 e. The highest BCUT2D eigenvalue weighted by Crippen LogP contribution is 2.44. The minimum Gasteiger partial charge on any atom is -0.466 e. The molecule has 0 aromatic rings. The lowest BCUT2D eigenvalue weighted by atomic mass is 9.64. The van der Waals surface area contributed by atoms with E-state index in [1.165, 1.54) is 38.5 Å². The highest BCUT2D eigenvalue weighted by Gasteiger charge is 2.47. The molecule has 0 spiro atoms. The molecular formula is C24H44O4. The van der Waals surface area contributed by atoms with E-state index in [2.05, 4.69) is 13.8 Å². The smallest absolute Gasteiger partial charge is 0.310 e. The molecule has 1 aliphatic rings. The normalized spacial score (nSPS) is 24.7. The molecule has 4 heteroatoms. The Balaban J connectivity index is 2.93. The van der Waals surface area contributed by atoms with Gasteiger partial charge in [-0.1, -0.05) is 65.2 Å². The van der Waals surface area contributed by atoms with Crippen molar-refractivity contribution in [1.29, 1.82) is 0 Å². The lowest BCUT2D eigenvalue weighted by molar-refractivity contribution is -0.169. The van der Waals surface area contributed by atoms with E-state index in [9.17, 15) is 9.59 Å². The van der Waals surface area contributed by atoms with Gasteiger partial charge in [0.15, 0.2) is 0 Å². The molecule has 0 aromatic carbocycles. The number of ether oxygens (including phenoxy) is 2. The summed E-state index contributed by atoms with van der Waals surface area (Å²) in [5.41, 5.74) is 0. The summed E-state index contributed by atoms with van der Waals surface area (Å²) in [5.74, 6) is -0.524. The molecule has 4 atom stereocenters. The summed E-state index contributed by atoms with van der Waals surface area (Å²) in [5, 5.41) is 0. The molecule has 1 fully saturated rings. The number of carbonyl (C=O) groups excluding carboxylic acids is 2. The summed E-state index contributed by atoms with van der Waals surface area (Å²) in [4.78, 5) is 25.8. The molecule has 0 N–H and O–H groups in total. The van der Waals surface area contributed by atoms with Crippen LogP contribution in [0.5, 0.6) is 0 Å². The third-order valence-electron chi connectivity index (χ3n) is 6.29. The summed E-state index contributed by atoms with van der Waals surface area (Å²) in [6, 6.07) is 0. The van der Waals surface area contributed by atoms with Crippen molar-refractivity contribution < 1.29 is 19.1 Å². The molecule has 0 heterocycles. The fourth-order valence-electron chi connectivity index (χ4n) is 4.84. The van der Waals surface area contributed by atoms with E-state index < -0.39 is 0 Å². The van der Waals surface area contributed by atoms with Crippen molar-refractivity contribution in [2.24, 2.45) is 23.7 Å². The molecule has 0 aliphatic heterocycles. The minimum absolute atomic E-state index is 0.181. The molecule has 0 amide bonds. The fraction of sp³-hybridized carbons (Fsp3) is 0.917. The molecule has 1 aliphatic carbocycles. The summed E-state index contributed by atoms with van der Waals surface area (Å²) < 4.78 is 10.9. The number of carbonyl (C=O) groups is 2. The molecule has 0 saturated heterocycles. The lowest BCUT2D eigenvalue weighted by Gasteiger charge is -2.40.